The molecule has 0 saturated carbocycles. The highest BCUT2D eigenvalue weighted by Crippen LogP contribution is 2.08. The van der Waals surface area contributed by atoms with E-state index in [4.69, 9.17) is 4.74 Å². The third-order valence-electron chi connectivity index (χ3n) is 1.95. The van der Waals surface area contributed by atoms with Crippen molar-refractivity contribution in [3.05, 3.63) is 0 Å². The van der Waals surface area contributed by atoms with Gasteiger partial charge in [-0.2, -0.15) is 0 Å². The third kappa shape index (κ3) is 5.71. The van der Waals surface area contributed by atoms with Crippen LogP contribution in [0.5, 0.6) is 0 Å². The first-order chi connectivity index (χ1) is 6.88. The van der Waals surface area contributed by atoms with Gasteiger partial charge in [0, 0.05) is 0 Å². The third-order valence-corrected chi connectivity index (χ3v) is 1.95. The summed E-state index contributed by atoms with van der Waals surface area (Å²) in [5, 5.41) is 28.0. The van der Waals surface area contributed by atoms with Crippen molar-refractivity contribution < 1.29 is 24.9 Å². The van der Waals surface area contributed by atoms with E-state index >= 15 is 0 Å². The molecule has 0 radical (unpaired) electrons. The van der Waals surface area contributed by atoms with Crippen LogP contribution in [0.2, 0.25) is 0 Å². The van der Waals surface area contributed by atoms with E-state index in [-0.39, 0.29) is 12.5 Å². The molecule has 0 spiro atoms. The van der Waals surface area contributed by atoms with Crippen molar-refractivity contribution in [1.82, 2.24) is 0 Å². The van der Waals surface area contributed by atoms with Gasteiger partial charge in [-0.05, 0) is 20.3 Å². The Morgan fingerprint density at radius 3 is 2.13 bits per heavy atom. The quantitative estimate of drug-likeness (QED) is 0.541. The Balaban J connectivity index is 4.01. The maximum Gasteiger partial charge on any atom is 0.308 e. The van der Waals surface area contributed by atoms with Crippen molar-refractivity contribution >= 4 is 5.97 Å². The SMILES string of the molecule is CC[C@@H](O)[C@@H](O)[C@H](O)CC(=O)OC(C)C. The molecule has 0 aromatic heterocycles. The molecular formula is C10H20O5. The molecule has 5 heteroatoms. The van der Waals surface area contributed by atoms with Crippen LogP contribution in [0.25, 0.3) is 0 Å². The number of esters is 1. The van der Waals surface area contributed by atoms with Crippen molar-refractivity contribution in [2.24, 2.45) is 0 Å². The standard InChI is InChI=1S/C10H20O5/c1-4-7(11)10(14)8(12)5-9(13)15-6(2)3/h6-8,10-12,14H,4-5H2,1-3H3/t7-,8-,10-/m1/s1. The van der Waals surface area contributed by atoms with Crippen LogP contribution >= 0.6 is 0 Å². The molecule has 0 bridgehead atoms. The molecule has 0 saturated heterocycles. The fourth-order valence-electron chi connectivity index (χ4n) is 1.10. The lowest BCUT2D eigenvalue weighted by atomic mass is 10.0. The topological polar surface area (TPSA) is 87.0 Å². The number of carbonyl (C=O) groups excluding carboxylic acids is 1. The first-order valence-electron chi connectivity index (χ1n) is 5.12. The van der Waals surface area contributed by atoms with Crippen molar-refractivity contribution in [3.8, 4) is 0 Å². The average Bonchev–Trinajstić information content (AvgIpc) is 2.13. The lowest BCUT2D eigenvalue weighted by molar-refractivity contribution is -0.153. The number of ether oxygens (including phenoxy) is 1. The van der Waals surface area contributed by atoms with Crippen molar-refractivity contribution in [3.63, 3.8) is 0 Å². The van der Waals surface area contributed by atoms with Crippen LogP contribution in [0.15, 0.2) is 0 Å². The van der Waals surface area contributed by atoms with E-state index in [2.05, 4.69) is 0 Å². The van der Waals surface area contributed by atoms with Gasteiger partial charge in [0.25, 0.3) is 0 Å². The first-order valence-corrected chi connectivity index (χ1v) is 5.12. The highest BCUT2D eigenvalue weighted by Gasteiger charge is 2.26. The predicted molar refractivity (Wildman–Crippen MR) is 54.2 cm³/mol. The van der Waals surface area contributed by atoms with E-state index < -0.39 is 24.3 Å². The Bertz CT molecular complexity index is 192. The van der Waals surface area contributed by atoms with Gasteiger partial charge in [-0.25, -0.2) is 0 Å². The lowest BCUT2D eigenvalue weighted by Crippen LogP contribution is -2.38. The molecule has 0 fully saturated rings. The van der Waals surface area contributed by atoms with Crippen LogP contribution in [0.4, 0.5) is 0 Å². The molecular weight excluding hydrogens is 200 g/mol. The minimum Gasteiger partial charge on any atom is -0.463 e. The minimum absolute atomic E-state index is 0.252. The highest BCUT2D eigenvalue weighted by molar-refractivity contribution is 5.70. The summed E-state index contributed by atoms with van der Waals surface area (Å²) in [5.41, 5.74) is 0. The molecule has 0 aliphatic heterocycles. The van der Waals surface area contributed by atoms with E-state index in [0.29, 0.717) is 6.42 Å². The summed E-state index contributed by atoms with van der Waals surface area (Å²) in [7, 11) is 0. The van der Waals surface area contributed by atoms with Gasteiger partial charge in [0.15, 0.2) is 0 Å². The molecule has 0 rings (SSSR count). The predicted octanol–water partition coefficient (Wildman–Crippen LogP) is -0.179. The fourth-order valence-corrected chi connectivity index (χ4v) is 1.10. The van der Waals surface area contributed by atoms with Gasteiger partial charge in [0.2, 0.25) is 0 Å². The van der Waals surface area contributed by atoms with E-state index in [1.807, 2.05) is 0 Å². The highest BCUT2D eigenvalue weighted by atomic mass is 16.5. The van der Waals surface area contributed by atoms with Crippen molar-refractivity contribution in [2.45, 2.75) is 58.0 Å². The average molecular weight is 220 g/mol. The smallest absolute Gasteiger partial charge is 0.308 e. The van der Waals surface area contributed by atoms with Gasteiger partial charge in [0.05, 0.1) is 24.7 Å². The Hall–Kier alpha value is -0.650. The summed E-state index contributed by atoms with van der Waals surface area (Å²) in [4.78, 5) is 11.1. The molecule has 0 amide bonds. The second-order valence-electron chi connectivity index (χ2n) is 3.78. The molecule has 5 nitrogen and oxygen atoms in total. The fraction of sp³-hybridized carbons (Fsp3) is 0.900. The van der Waals surface area contributed by atoms with E-state index in [9.17, 15) is 20.1 Å². The number of hydrogen-bond acceptors (Lipinski definition) is 5. The zero-order valence-corrected chi connectivity index (χ0v) is 9.38. The van der Waals surface area contributed by atoms with Crippen LogP contribution in [-0.4, -0.2) is 45.7 Å². The minimum atomic E-state index is -1.31. The molecule has 0 aromatic carbocycles. The summed E-state index contributed by atoms with van der Waals surface area (Å²) < 4.78 is 4.79. The normalized spacial score (nSPS) is 17.3. The van der Waals surface area contributed by atoms with Crippen molar-refractivity contribution in [2.75, 3.05) is 0 Å². The van der Waals surface area contributed by atoms with Gasteiger partial charge in [-0.1, -0.05) is 6.92 Å². The maximum absolute atomic E-state index is 11.1. The Labute approximate surface area is 89.7 Å². The number of rotatable bonds is 6. The van der Waals surface area contributed by atoms with Crippen LogP contribution in [-0.2, 0) is 9.53 Å². The Morgan fingerprint density at radius 1 is 1.20 bits per heavy atom. The van der Waals surface area contributed by atoms with Gasteiger partial charge in [0.1, 0.15) is 6.10 Å². The molecule has 15 heavy (non-hydrogen) atoms. The van der Waals surface area contributed by atoms with E-state index in [1.165, 1.54) is 0 Å². The van der Waals surface area contributed by atoms with Gasteiger partial charge in [-0.15, -0.1) is 0 Å². The summed E-state index contributed by atoms with van der Waals surface area (Å²) in [5.74, 6) is -0.583. The van der Waals surface area contributed by atoms with E-state index in [1.54, 1.807) is 20.8 Å². The molecule has 0 heterocycles. The lowest BCUT2D eigenvalue weighted by Gasteiger charge is -2.21. The van der Waals surface area contributed by atoms with Crippen LogP contribution in [0, 0.1) is 0 Å². The summed E-state index contributed by atoms with van der Waals surface area (Å²) in [6.07, 6.45) is -3.86. The second-order valence-corrected chi connectivity index (χ2v) is 3.78. The Kier molecular flexibility index (Phi) is 6.47. The summed E-state index contributed by atoms with van der Waals surface area (Å²) in [6.45, 7) is 5.07. The van der Waals surface area contributed by atoms with Gasteiger partial charge >= 0.3 is 5.97 Å². The zero-order chi connectivity index (χ0) is 12.0. The Morgan fingerprint density at radius 2 is 1.73 bits per heavy atom. The van der Waals surface area contributed by atoms with Crippen LogP contribution < -0.4 is 0 Å². The number of aliphatic hydroxyl groups is 3. The van der Waals surface area contributed by atoms with Crippen molar-refractivity contribution in [1.29, 1.82) is 0 Å². The van der Waals surface area contributed by atoms with E-state index in [0.717, 1.165) is 0 Å². The summed E-state index contributed by atoms with van der Waals surface area (Å²) in [6, 6.07) is 0. The number of hydrogen-bond donors (Lipinski definition) is 3. The number of carbonyl (C=O) groups is 1. The second kappa shape index (κ2) is 6.76. The molecule has 3 atom stereocenters. The molecule has 3 N–H and O–H groups in total. The molecule has 0 aliphatic carbocycles. The molecule has 90 valence electrons. The largest absolute Gasteiger partial charge is 0.463 e. The van der Waals surface area contributed by atoms with Gasteiger partial charge in [-0.3, -0.25) is 4.79 Å². The first kappa shape index (κ1) is 14.3. The molecule has 0 aromatic rings. The van der Waals surface area contributed by atoms with Crippen LogP contribution in [0.1, 0.15) is 33.6 Å². The van der Waals surface area contributed by atoms with Gasteiger partial charge < -0.3 is 20.1 Å². The molecule has 0 unspecified atom stereocenters. The zero-order valence-electron chi connectivity index (χ0n) is 9.38. The molecule has 0 aliphatic rings. The van der Waals surface area contributed by atoms with Crippen LogP contribution in [0.3, 0.4) is 0 Å². The summed E-state index contributed by atoms with van der Waals surface area (Å²) >= 11 is 0. The maximum atomic E-state index is 11.1. The monoisotopic (exact) mass is 220 g/mol. The number of aliphatic hydroxyl groups excluding tert-OH is 3.